The molecule has 1 unspecified atom stereocenters. The summed E-state index contributed by atoms with van der Waals surface area (Å²) in [4.78, 5) is 0. The minimum atomic E-state index is -0.596. The van der Waals surface area contributed by atoms with E-state index in [4.69, 9.17) is 10.5 Å². The van der Waals surface area contributed by atoms with E-state index >= 15 is 0 Å². The van der Waals surface area contributed by atoms with E-state index in [-0.39, 0.29) is 17.6 Å². The number of ether oxygens (including phenoxy) is 1. The van der Waals surface area contributed by atoms with Crippen molar-refractivity contribution < 1.29 is 9.84 Å². The lowest BCUT2D eigenvalue weighted by Crippen LogP contribution is -2.41. The highest BCUT2D eigenvalue weighted by molar-refractivity contribution is 5.45. The number of hydrogen-bond donors (Lipinski definition) is 2. The van der Waals surface area contributed by atoms with Crippen LogP contribution in [-0.4, -0.2) is 17.3 Å². The van der Waals surface area contributed by atoms with Crippen LogP contribution < -0.4 is 10.5 Å². The van der Waals surface area contributed by atoms with Crippen molar-refractivity contribution in [3.05, 3.63) is 29.3 Å². The number of hydrogen-bond acceptors (Lipinski definition) is 3. The van der Waals surface area contributed by atoms with Crippen molar-refractivity contribution in [3.8, 4) is 5.75 Å². The van der Waals surface area contributed by atoms with Gasteiger partial charge in [-0.2, -0.15) is 0 Å². The van der Waals surface area contributed by atoms with Crippen LogP contribution in [0.15, 0.2) is 18.2 Å². The maximum Gasteiger partial charge on any atom is 0.123 e. The van der Waals surface area contributed by atoms with Gasteiger partial charge in [-0.15, -0.1) is 0 Å². The number of aliphatic hydroxyl groups excluding tert-OH is 1. The number of benzene rings is 1. The standard InChI is InChI=1S/C15H23NO2/c1-14(2)9-15(3,4)18-13-6-5-10(7-11(13)14)12(17)8-16/h5-7,12,17H,8-9,16H2,1-4H3. The summed E-state index contributed by atoms with van der Waals surface area (Å²) in [6.45, 7) is 8.90. The van der Waals surface area contributed by atoms with Crippen LogP contribution in [0.5, 0.6) is 5.75 Å². The van der Waals surface area contributed by atoms with E-state index in [9.17, 15) is 5.11 Å². The third-order valence-electron chi connectivity index (χ3n) is 3.59. The van der Waals surface area contributed by atoms with Gasteiger partial charge in [-0.1, -0.05) is 19.9 Å². The molecule has 0 spiro atoms. The summed E-state index contributed by atoms with van der Waals surface area (Å²) in [5, 5.41) is 9.84. The van der Waals surface area contributed by atoms with Gasteiger partial charge in [0.15, 0.2) is 0 Å². The van der Waals surface area contributed by atoms with Crippen LogP contribution in [-0.2, 0) is 5.41 Å². The summed E-state index contributed by atoms with van der Waals surface area (Å²) in [7, 11) is 0. The second-order valence-electron chi connectivity index (χ2n) is 6.43. The summed E-state index contributed by atoms with van der Waals surface area (Å²) in [5.41, 5.74) is 7.43. The molecule has 1 aromatic rings. The van der Waals surface area contributed by atoms with E-state index < -0.39 is 6.10 Å². The molecule has 18 heavy (non-hydrogen) atoms. The fourth-order valence-corrected chi connectivity index (χ4v) is 3.00. The zero-order valence-corrected chi connectivity index (χ0v) is 11.7. The molecule has 3 nitrogen and oxygen atoms in total. The molecule has 0 aromatic heterocycles. The van der Waals surface area contributed by atoms with Gasteiger partial charge in [0.1, 0.15) is 11.4 Å². The van der Waals surface area contributed by atoms with Gasteiger partial charge in [0.25, 0.3) is 0 Å². The van der Waals surface area contributed by atoms with Gasteiger partial charge in [-0.3, -0.25) is 0 Å². The molecule has 0 fully saturated rings. The topological polar surface area (TPSA) is 55.5 Å². The van der Waals surface area contributed by atoms with E-state index in [0.717, 1.165) is 23.3 Å². The Morgan fingerprint density at radius 3 is 2.61 bits per heavy atom. The Bertz CT molecular complexity index is 452. The highest BCUT2D eigenvalue weighted by Gasteiger charge is 2.39. The average Bonchev–Trinajstić information content (AvgIpc) is 2.25. The number of fused-ring (bicyclic) bond motifs is 1. The van der Waals surface area contributed by atoms with Crippen LogP contribution in [0.1, 0.15) is 51.3 Å². The Balaban J connectivity index is 2.47. The average molecular weight is 249 g/mol. The highest BCUT2D eigenvalue weighted by atomic mass is 16.5. The van der Waals surface area contributed by atoms with Gasteiger partial charge in [-0.05, 0) is 43.4 Å². The zero-order chi connectivity index (χ0) is 13.6. The summed E-state index contributed by atoms with van der Waals surface area (Å²) in [6, 6.07) is 5.88. The predicted octanol–water partition coefficient (Wildman–Crippen LogP) is 2.52. The van der Waals surface area contributed by atoms with Gasteiger partial charge >= 0.3 is 0 Å². The fourth-order valence-electron chi connectivity index (χ4n) is 3.00. The first-order chi connectivity index (χ1) is 8.25. The van der Waals surface area contributed by atoms with Crippen LogP contribution in [0.2, 0.25) is 0 Å². The Morgan fingerprint density at radius 2 is 2.00 bits per heavy atom. The minimum Gasteiger partial charge on any atom is -0.488 e. The lowest BCUT2D eigenvalue weighted by molar-refractivity contribution is 0.0531. The highest BCUT2D eigenvalue weighted by Crippen LogP contribution is 2.45. The van der Waals surface area contributed by atoms with Gasteiger partial charge in [-0.25, -0.2) is 0 Å². The second-order valence-corrected chi connectivity index (χ2v) is 6.43. The minimum absolute atomic E-state index is 0.0431. The SMILES string of the molecule is CC1(C)CC(C)(C)c2cc(C(O)CN)ccc2O1. The first-order valence-electron chi connectivity index (χ1n) is 6.47. The van der Waals surface area contributed by atoms with E-state index in [1.54, 1.807) is 0 Å². The molecule has 1 aromatic carbocycles. The Morgan fingerprint density at radius 1 is 1.33 bits per heavy atom. The number of rotatable bonds is 2. The molecule has 1 atom stereocenters. The summed E-state index contributed by atoms with van der Waals surface area (Å²) < 4.78 is 6.01. The van der Waals surface area contributed by atoms with Crippen molar-refractivity contribution >= 4 is 0 Å². The maximum atomic E-state index is 9.84. The number of aliphatic hydroxyl groups is 1. The Kier molecular flexibility index (Phi) is 3.16. The van der Waals surface area contributed by atoms with E-state index in [1.165, 1.54) is 0 Å². The molecule has 0 saturated heterocycles. The van der Waals surface area contributed by atoms with Crippen molar-refractivity contribution in [1.29, 1.82) is 0 Å². The van der Waals surface area contributed by atoms with Crippen molar-refractivity contribution in [2.24, 2.45) is 5.73 Å². The smallest absolute Gasteiger partial charge is 0.123 e. The third-order valence-corrected chi connectivity index (χ3v) is 3.59. The molecule has 2 rings (SSSR count). The lowest BCUT2D eigenvalue weighted by atomic mass is 9.73. The van der Waals surface area contributed by atoms with Crippen LogP contribution >= 0.6 is 0 Å². The zero-order valence-electron chi connectivity index (χ0n) is 11.7. The molecule has 3 N–H and O–H groups in total. The molecule has 0 bridgehead atoms. The summed E-state index contributed by atoms with van der Waals surface area (Å²) in [6.07, 6.45) is 0.357. The molecule has 1 aliphatic heterocycles. The molecule has 3 heteroatoms. The monoisotopic (exact) mass is 249 g/mol. The molecule has 0 saturated carbocycles. The Hall–Kier alpha value is -1.06. The van der Waals surface area contributed by atoms with Crippen molar-refractivity contribution in [2.45, 2.75) is 51.2 Å². The van der Waals surface area contributed by atoms with E-state index in [0.29, 0.717) is 0 Å². The third kappa shape index (κ3) is 2.38. The van der Waals surface area contributed by atoms with Gasteiger partial charge in [0, 0.05) is 12.1 Å². The Labute approximate surface area is 109 Å². The molecule has 1 heterocycles. The predicted molar refractivity (Wildman–Crippen MR) is 72.8 cm³/mol. The van der Waals surface area contributed by atoms with Crippen molar-refractivity contribution in [3.63, 3.8) is 0 Å². The van der Waals surface area contributed by atoms with Crippen LogP contribution in [0.4, 0.5) is 0 Å². The quantitative estimate of drug-likeness (QED) is 0.846. The van der Waals surface area contributed by atoms with Crippen molar-refractivity contribution in [2.75, 3.05) is 6.54 Å². The summed E-state index contributed by atoms with van der Waals surface area (Å²) in [5.74, 6) is 0.921. The summed E-state index contributed by atoms with van der Waals surface area (Å²) >= 11 is 0. The van der Waals surface area contributed by atoms with Crippen LogP contribution in [0.25, 0.3) is 0 Å². The molecule has 0 radical (unpaired) electrons. The number of nitrogens with two attached hydrogens (primary N) is 1. The van der Waals surface area contributed by atoms with E-state index in [1.807, 2.05) is 18.2 Å². The first-order valence-corrected chi connectivity index (χ1v) is 6.47. The molecular formula is C15H23NO2. The molecule has 100 valence electrons. The van der Waals surface area contributed by atoms with E-state index in [2.05, 4.69) is 27.7 Å². The molecular weight excluding hydrogens is 226 g/mol. The van der Waals surface area contributed by atoms with Crippen LogP contribution in [0, 0.1) is 0 Å². The molecule has 0 aliphatic carbocycles. The largest absolute Gasteiger partial charge is 0.488 e. The normalized spacial score (nSPS) is 21.9. The maximum absolute atomic E-state index is 9.84. The van der Waals surface area contributed by atoms with Gasteiger partial charge in [0.05, 0.1) is 6.10 Å². The lowest BCUT2D eigenvalue weighted by Gasteiger charge is -2.42. The van der Waals surface area contributed by atoms with Crippen molar-refractivity contribution in [1.82, 2.24) is 0 Å². The van der Waals surface area contributed by atoms with Crippen LogP contribution in [0.3, 0.4) is 0 Å². The second kappa shape index (κ2) is 4.25. The van der Waals surface area contributed by atoms with Gasteiger partial charge in [0.2, 0.25) is 0 Å². The van der Waals surface area contributed by atoms with Gasteiger partial charge < -0.3 is 15.6 Å². The molecule has 1 aliphatic rings. The molecule has 0 amide bonds. The first kappa shape index (κ1) is 13.4. The fraction of sp³-hybridized carbons (Fsp3) is 0.600.